The van der Waals surface area contributed by atoms with E-state index in [2.05, 4.69) is 33.8 Å². The lowest BCUT2D eigenvalue weighted by atomic mass is 9.93. The molecule has 1 aromatic rings. The quantitative estimate of drug-likeness (QED) is 0.140. The second kappa shape index (κ2) is 23.5. The molecule has 0 aliphatic rings. The normalized spacial score (nSPS) is 12.4. The van der Waals surface area contributed by atoms with Crippen LogP contribution in [0, 0.1) is 11.8 Å². The second-order valence-corrected chi connectivity index (χ2v) is 10.5. The summed E-state index contributed by atoms with van der Waals surface area (Å²) in [6, 6.07) is 4.05. The summed E-state index contributed by atoms with van der Waals surface area (Å²) in [6.45, 7) is 13.3. The molecule has 0 saturated heterocycles. The molecule has 0 unspecified atom stereocenters. The van der Waals surface area contributed by atoms with Gasteiger partial charge in [0.05, 0.1) is 59.5 Å². The Morgan fingerprint density at radius 2 is 1.29 bits per heavy atom. The minimum atomic E-state index is 0.0289. The highest BCUT2D eigenvalue weighted by Gasteiger charge is 2.14. The molecule has 38 heavy (non-hydrogen) atoms. The van der Waals surface area contributed by atoms with Crippen LogP contribution < -0.4 is 4.74 Å². The number of rotatable bonds is 26. The van der Waals surface area contributed by atoms with Crippen molar-refractivity contribution in [3.8, 4) is 11.5 Å². The van der Waals surface area contributed by atoms with Crippen LogP contribution in [0.5, 0.6) is 11.5 Å². The molecule has 0 aliphatic carbocycles. The van der Waals surface area contributed by atoms with Gasteiger partial charge >= 0.3 is 0 Å². The molecule has 0 heterocycles. The van der Waals surface area contributed by atoms with Crippen LogP contribution >= 0.6 is 0 Å². The average Bonchev–Trinajstić information content (AvgIpc) is 2.88. The van der Waals surface area contributed by atoms with Crippen LogP contribution in [0.2, 0.25) is 0 Å². The molecule has 0 radical (unpaired) electrons. The number of aliphatic hydroxyl groups is 1. The molecule has 1 rings (SSSR count). The molecule has 7 nitrogen and oxygen atoms in total. The summed E-state index contributed by atoms with van der Waals surface area (Å²) in [5.41, 5.74) is 2.06. The SMILES string of the molecule is CCCCCc1cc(O)c(CC[C@H](C)CCCC(C)C)c(OCCOCCOCCOCCOCCO)c1. The molecule has 0 saturated carbocycles. The van der Waals surface area contributed by atoms with Gasteiger partial charge in [0.15, 0.2) is 0 Å². The third kappa shape index (κ3) is 18.0. The van der Waals surface area contributed by atoms with E-state index in [1.54, 1.807) is 0 Å². The van der Waals surface area contributed by atoms with E-state index < -0.39 is 0 Å². The predicted molar refractivity (Wildman–Crippen MR) is 153 cm³/mol. The van der Waals surface area contributed by atoms with E-state index in [4.69, 9.17) is 28.8 Å². The molecule has 1 atom stereocenters. The Bertz CT molecular complexity index is 680. The van der Waals surface area contributed by atoms with Gasteiger partial charge in [-0.25, -0.2) is 0 Å². The van der Waals surface area contributed by atoms with Crippen molar-refractivity contribution in [2.24, 2.45) is 11.8 Å². The zero-order valence-corrected chi connectivity index (χ0v) is 24.7. The van der Waals surface area contributed by atoms with Crippen molar-refractivity contribution in [1.29, 1.82) is 0 Å². The summed E-state index contributed by atoms with van der Waals surface area (Å²) in [7, 11) is 0. The van der Waals surface area contributed by atoms with E-state index >= 15 is 0 Å². The predicted octanol–water partition coefficient (Wildman–Crippen LogP) is 5.96. The van der Waals surface area contributed by atoms with Gasteiger partial charge in [-0.2, -0.15) is 0 Å². The standard InChI is InChI=1S/C31H56O7/c1-5-6-7-11-28-24-30(33)29(13-12-27(4)10-8-9-26(2)3)31(25-28)38-23-22-37-21-20-36-19-18-35-17-16-34-15-14-32/h24-27,32-33H,5-23H2,1-4H3/t27-/m1/s1. The van der Waals surface area contributed by atoms with Crippen molar-refractivity contribution in [3.05, 3.63) is 23.3 Å². The Kier molecular flexibility index (Phi) is 21.4. The fraction of sp³-hybridized carbons (Fsp3) is 0.806. The van der Waals surface area contributed by atoms with Gasteiger partial charge in [0.25, 0.3) is 0 Å². The number of phenolic OH excluding ortho intramolecular Hbond substituents is 1. The molecular formula is C31H56O7. The molecular weight excluding hydrogens is 484 g/mol. The Hall–Kier alpha value is -1.38. The van der Waals surface area contributed by atoms with E-state index in [0.717, 1.165) is 48.5 Å². The summed E-state index contributed by atoms with van der Waals surface area (Å²) in [5, 5.41) is 19.5. The number of aryl methyl sites for hydroxylation is 1. The van der Waals surface area contributed by atoms with Gasteiger partial charge in [0.1, 0.15) is 18.1 Å². The summed E-state index contributed by atoms with van der Waals surface area (Å²) in [6.07, 6.45) is 10.1. The Balaban J connectivity index is 2.40. The fourth-order valence-corrected chi connectivity index (χ4v) is 4.24. The minimum Gasteiger partial charge on any atom is -0.508 e. The van der Waals surface area contributed by atoms with Gasteiger partial charge < -0.3 is 33.9 Å². The third-order valence-corrected chi connectivity index (χ3v) is 6.52. The number of ether oxygens (including phenoxy) is 5. The molecule has 0 spiro atoms. The fourth-order valence-electron chi connectivity index (χ4n) is 4.24. The second-order valence-electron chi connectivity index (χ2n) is 10.5. The van der Waals surface area contributed by atoms with Crippen molar-refractivity contribution < 1.29 is 33.9 Å². The van der Waals surface area contributed by atoms with Crippen molar-refractivity contribution in [3.63, 3.8) is 0 Å². The van der Waals surface area contributed by atoms with Crippen molar-refractivity contribution in [2.75, 3.05) is 66.1 Å². The molecule has 0 aliphatic heterocycles. The first-order valence-corrected chi connectivity index (χ1v) is 14.9. The van der Waals surface area contributed by atoms with Crippen LogP contribution in [0.25, 0.3) is 0 Å². The number of phenols is 1. The summed E-state index contributed by atoms with van der Waals surface area (Å²) >= 11 is 0. The maximum Gasteiger partial charge on any atom is 0.126 e. The zero-order valence-electron chi connectivity index (χ0n) is 24.7. The summed E-state index contributed by atoms with van der Waals surface area (Å²) in [4.78, 5) is 0. The lowest BCUT2D eigenvalue weighted by Crippen LogP contribution is -2.14. The highest BCUT2D eigenvalue weighted by Crippen LogP contribution is 2.33. The van der Waals surface area contributed by atoms with Crippen LogP contribution in [0.3, 0.4) is 0 Å². The largest absolute Gasteiger partial charge is 0.508 e. The van der Waals surface area contributed by atoms with E-state index in [1.807, 2.05) is 6.07 Å². The topological polar surface area (TPSA) is 86.6 Å². The molecule has 0 aromatic heterocycles. The first-order valence-electron chi connectivity index (χ1n) is 14.9. The lowest BCUT2D eigenvalue weighted by molar-refractivity contribution is -0.00782. The Morgan fingerprint density at radius 3 is 1.87 bits per heavy atom. The Morgan fingerprint density at radius 1 is 0.684 bits per heavy atom. The van der Waals surface area contributed by atoms with E-state index in [0.29, 0.717) is 71.1 Å². The smallest absolute Gasteiger partial charge is 0.126 e. The number of hydrogen-bond donors (Lipinski definition) is 2. The Labute approximate surface area is 232 Å². The molecule has 0 amide bonds. The van der Waals surface area contributed by atoms with Crippen LogP contribution in [-0.4, -0.2) is 76.3 Å². The van der Waals surface area contributed by atoms with Crippen molar-refractivity contribution in [1.82, 2.24) is 0 Å². The maximum atomic E-state index is 10.9. The van der Waals surface area contributed by atoms with Gasteiger partial charge in [-0.15, -0.1) is 0 Å². The molecule has 7 heteroatoms. The van der Waals surface area contributed by atoms with E-state index in [9.17, 15) is 5.11 Å². The first kappa shape index (κ1) is 34.6. The summed E-state index contributed by atoms with van der Waals surface area (Å²) in [5.74, 6) is 2.53. The molecule has 2 N–H and O–H groups in total. The van der Waals surface area contributed by atoms with Crippen LogP contribution in [0.15, 0.2) is 12.1 Å². The number of unbranched alkanes of at least 4 members (excludes halogenated alkanes) is 2. The van der Waals surface area contributed by atoms with E-state index in [1.165, 1.54) is 32.1 Å². The van der Waals surface area contributed by atoms with Gasteiger partial charge in [-0.1, -0.05) is 59.8 Å². The van der Waals surface area contributed by atoms with E-state index in [-0.39, 0.29) is 6.61 Å². The van der Waals surface area contributed by atoms with Crippen LogP contribution in [0.1, 0.15) is 83.8 Å². The molecule has 0 bridgehead atoms. The highest BCUT2D eigenvalue weighted by molar-refractivity contribution is 5.47. The number of benzene rings is 1. The highest BCUT2D eigenvalue weighted by atomic mass is 16.6. The molecule has 0 fully saturated rings. The number of hydrogen-bond acceptors (Lipinski definition) is 7. The number of aliphatic hydroxyl groups excluding tert-OH is 1. The van der Waals surface area contributed by atoms with Gasteiger partial charge in [0, 0.05) is 5.56 Å². The molecule has 1 aromatic carbocycles. The maximum absolute atomic E-state index is 10.9. The lowest BCUT2D eigenvalue weighted by Gasteiger charge is -2.17. The van der Waals surface area contributed by atoms with Crippen LogP contribution in [-0.2, 0) is 31.8 Å². The molecule has 222 valence electrons. The van der Waals surface area contributed by atoms with Gasteiger partial charge in [-0.05, 0) is 55.2 Å². The van der Waals surface area contributed by atoms with Gasteiger partial charge in [0.2, 0.25) is 0 Å². The first-order chi connectivity index (χ1) is 18.5. The monoisotopic (exact) mass is 540 g/mol. The van der Waals surface area contributed by atoms with Crippen molar-refractivity contribution in [2.45, 2.75) is 85.5 Å². The van der Waals surface area contributed by atoms with Crippen LogP contribution in [0.4, 0.5) is 0 Å². The van der Waals surface area contributed by atoms with Gasteiger partial charge in [-0.3, -0.25) is 0 Å². The average molecular weight is 541 g/mol. The minimum absolute atomic E-state index is 0.0289. The third-order valence-electron chi connectivity index (χ3n) is 6.52. The zero-order chi connectivity index (χ0) is 27.8. The van der Waals surface area contributed by atoms with Crippen molar-refractivity contribution >= 4 is 0 Å². The number of aromatic hydroxyl groups is 1. The summed E-state index contributed by atoms with van der Waals surface area (Å²) < 4.78 is 27.8.